The van der Waals surface area contributed by atoms with E-state index in [0.717, 1.165) is 5.56 Å². The number of hydrogen-bond donors (Lipinski definition) is 0. The van der Waals surface area contributed by atoms with Gasteiger partial charge in [-0.05, 0) is 41.9 Å². The predicted octanol–water partition coefficient (Wildman–Crippen LogP) is 4.11. The second-order valence-electron chi connectivity index (χ2n) is 3.49. The minimum atomic E-state index is -4.30. The van der Waals surface area contributed by atoms with Crippen LogP contribution in [0.15, 0.2) is 23.1 Å². The Morgan fingerprint density at radius 2 is 2.06 bits per heavy atom. The average molecular weight is 327 g/mol. The Hall–Kier alpha value is -0.490. The molecule has 0 saturated heterocycles. The van der Waals surface area contributed by atoms with Gasteiger partial charge in [0.05, 0.1) is 5.33 Å². The Morgan fingerprint density at radius 3 is 2.59 bits per heavy atom. The van der Waals surface area contributed by atoms with Gasteiger partial charge in [-0.25, -0.2) is 0 Å². The molecule has 17 heavy (non-hydrogen) atoms. The van der Waals surface area contributed by atoms with Gasteiger partial charge in [0.15, 0.2) is 0 Å². The number of hydrogen-bond acceptors (Lipinski definition) is 2. The lowest BCUT2D eigenvalue weighted by Crippen LogP contribution is -2.05. The Kier molecular flexibility index (Phi) is 5.06. The highest BCUT2D eigenvalue weighted by atomic mass is 79.9. The standard InChI is InChI=1S/C11H10BrF3OS/c1-7-2-3-10(17-11(13,14)15)5-8(7)4-9(16)6-12/h2-3,5H,4,6H2,1H3. The van der Waals surface area contributed by atoms with Gasteiger partial charge in [-0.2, -0.15) is 13.2 Å². The van der Waals surface area contributed by atoms with Crippen LogP contribution in [0.2, 0.25) is 0 Å². The van der Waals surface area contributed by atoms with E-state index < -0.39 is 5.51 Å². The Bertz CT molecular complexity index is 418. The second-order valence-corrected chi connectivity index (χ2v) is 5.18. The van der Waals surface area contributed by atoms with Gasteiger partial charge in [0.2, 0.25) is 0 Å². The van der Waals surface area contributed by atoms with Crippen LogP contribution >= 0.6 is 27.7 Å². The zero-order chi connectivity index (χ0) is 13.1. The highest BCUT2D eigenvalue weighted by Crippen LogP contribution is 2.37. The number of halogens is 4. The van der Waals surface area contributed by atoms with Gasteiger partial charge in [-0.1, -0.05) is 22.0 Å². The van der Waals surface area contributed by atoms with Crippen LogP contribution in [0.4, 0.5) is 13.2 Å². The molecule has 94 valence electrons. The molecule has 1 nitrogen and oxygen atoms in total. The number of carbonyl (C=O) groups excluding carboxylic acids is 1. The Morgan fingerprint density at radius 1 is 1.41 bits per heavy atom. The van der Waals surface area contributed by atoms with Crippen LogP contribution in [0.1, 0.15) is 11.1 Å². The van der Waals surface area contributed by atoms with E-state index in [1.165, 1.54) is 12.1 Å². The number of thioether (sulfide) groups is 1. The molecule has 1 aromatic rings. The maximum Gasteiger partial charge on any atom is 0.446 e. The highest BCUT2D eigenvalue weighted by molar-refractivity contribution is 9.09. The van der Waals surface area contributed by atoms with Gasteiger partial charge >= 0.3 is 5.51 Å². The van der Waals surface area contributed by atoms with Crippen LogP contribution in [-0.2, 0) is 11.2 Å². The number of carbonyl (C=O) groups is 1. The molecular weight excluding hydrogens is 317 g/mol. The maximum atomic E-state index is 12.2. The molecule has 0 fully saturated rings. The molecule has 0 radical (unpaired) electrons. The van der Waals surface area contributed by atoms with Crippen LogP contribution in [-0.4, -0.2) is 16.6 Å². The van der Waals surface area contributed by atoms with Crippen LogP contribution in [0.3, 0.4) is 0 Å². The minimum absolute atomic E-state index is 0.0535. The maximum absolute atomic E-state index is 12.2. The molecule has 6 heteroatoms. The highest BCUT2D eigenvalue weighted by Gasteiger charge is 2.29. The van der Waals surface area contributed by atoms with Crippen molar-refractivity contribution in [2.45, 2.75) is 23.7 Å². The van der Waals surface area contributed by atoms with Crippen molar-refractivity contribution in [1.29, 1.82) is 0 Å². The topological polar surface area (TPSA) is 17.1 Å². The van der Waals surface area contributed by atoms with Crippen LogP contribution in [0, 0.1) is 6.92 Å². The van der Waals surface area contributed by atoms with Gasteiger partial charge in [0.1, 0.15) is 5.78 Å². The number of aryl methyl sites for hydroxylation is 1. The Labute approximate surface area is 110 Å². The van der Waals surface area contributed by atoms with Crippen molar-refractivity contribution in [3.63, 3.8) is 0 Å². The summed E-state index contributed by atoms with van der Waals surface area (Å²) in [5.41, 5.74) is -2.83. The lowest BCUT2D eigenvalue weighted by molar-refractivity contribution is -0.115. The summed E-state index contributed by atoms with van der Waals surface area (Å²) in [6.07, 6.45) is 0.156. The third kappa shape index (κ3) is 5.12. The first kappa shape index (κ1) is 14.6. The van der Waals surface area contributed by atoms with Gasteiger partial charge in [-0.3, -0.25) is 4.79 Å². The zero-order valence-corrected chi connectivity index (χ0v) is 11.4. The molecule has 0 atom stereocenters. The van der Waals surface area contributed by atoms with Crippen molar-refractivity contribution in [3.8, 4) is 0 Å². The van der Waals surface area contributed by atoms with Gasteiger partial charge in [-0.15, -0.1) is 0 Å². The summed E-state index contributed by atoms with van der Waals surface area (Å²) in [5.74, 6) is -0.0535. The van der Waals surface area contributed by atoms with E-state index in [0.29, 0.717) is 5.56 Å². The quantitative estimate of drug-likeness (QED) is 0.611. The summed E-state index contributed by atoms with van der Waals surface area (Å²) in [7, 11) is 0. The van der Waals surface area contributed by atoms with E-state index in [4.69, 9.17) is 0 Å². The summed E-state index contributed by atoms with van der Waals surface area (Å²) in [6, 6.07) is 4.44. The average Bonchev–Trinajstić information content (AvgIpc) is 2.20. The molecule has 0 saturated carbocycles. The molecule has 0 aliphatic rings. The van der Waals surface area contributed by atoms with Crippen LogP contribution in [0.5, 0.6) is 0 Å². The Balaban J connectivity index is 2.90. The zero-order valence-electron chi connectivity index (χ0n) is 8.97. The first-order valence-corrected chi connectivity index (χ1v) is 6.68. The summed E-state index contributed by atoms with van der Waals surface area (Å²) >= 11 is 2.86. The van der Waals surface area contributed by atoms with Crippen LogP contribution < -0.4 is 0 Å². The summed E-state index contributed by atoms with van der Waals surface area (Å²) in [5, 5.41) is 0.211. The number of ketones is 1. The molecule has 0 amide bonds. The first-order chi connectivity index (χ1) is 7.81. The second kappa shape index (κ2) is 5.91. The summed E-state index contributed by atoms with van der Waals surface area (Å²) < 4.78 is 36.6. The monoisotopic (exact) mass is 326 g/mol. The van der Waals surface area contributed by atoms with Gasteiger partial charge in [0.25, 0.3) is 0 Å². The van der Waals surface area contributed by atoms with Crippen molar-refractivity contribution in [1.82, 2.24) is 0 Å². The molecule has 0 spiro atoms. The summed E-state index contributed by atoms with van der Waals surface area (Å²) in [4.78, 5) is 11.4. The van der Waals surface area contributed by atoms with E-state index >= 15 is 0 Å². The third-order valence-electron chi connectivity index (χ3n) is 2.09. The molecular formula is C11H10BrF3OS. The number of alkyl halides is 4. The number of rotatable bonds is 4. The molecule has 0 N–H and O–H groups in total. The largest absolute Gasteiger partial charge is 0.446 e. The first-order valence-electron chi connectivity index (χ1n) is 4.75. The van der Waals surface area contributed by atoms with E-state index in [-0.39, 0.29) is 34.2 Å². The van der Waals surface area contributed by atoms with Crippen molar-refractivity contribution in [2.75, 3.05) is 5.33 Å². The van der Waals surface area contributed by atoms with Crippen molar-refractivity contribution < 1.29 is 18.0 Å². The van der Waals surface area contributed by atoms with E-state index in [1.807, 2.05) is 0 Å². The van der Waals surface area contributed by atoms with E-state index in [9.17, 15) is 18.0 Å². The number of benzene rings is 1. The fourth-order valence-corrected chi connectivity index (χ4v) is 2.10. The fraction of sp³-hybridized carbons (Fsp3) is 0.364. The fourth-order valence-electron chi connectivity index (χ4n) is 1.30. The molecule has 0 bridgehead atoms. The lowest BCUT2D eigenvalue weighted by atomic mass is 10.0. The van der Waals surface area contributed by atoms with E-state index in [1.54, 1.807) is 13.0 Å². The van der Waals surface area contributed by atoms with Gasteiger partial charge < -0.3 is 0 Å². The molecule has 0 aromatic heterocycles. The third-order valence-corrected chi connectivity index (χ3v) is 3.44. The normalized spacial score (nSPS) is 11.6. The molecule has 1 aromatic carbocycles. The lowest BCUT2D eigenvalue weighted by Gasteiger charge is -2.09. The van der Waals surface area contributed by atoms with Crippen LogP contribution in [0.25, 0.3) is 0 Å². The molecule has 0 unspecified atom stereocenters. The van der Waals surface area contributed by atoms with Crippen molar-refractivity contribution >= 4 is 33.5 Å². The van der Waals surface area contributed by atoms with Crippen molar-refractivity contribution in [3.05, 3.63) is 29.3 Å². The smallest absolute Gasteiger partial charge is 0.298 e. The minimum Gasteiger partial charge on any atom is -0.298 e. The molecule has 1 rings (SSSR count). The number of Topliss-reactive ketones (excluding diaryl/α,β-unsaturated/α-hetero) is 1. The molecule has 0 aliphatic heterocycles. The predicted molar refractivity (Wildman–Crippen MR) is 65.6 cm³/mol. The van der Waals surface area contributed by atoms with Crippen molar-refractivity contribution in [2.24, 2.45) is 0 Å². The SMILES string of the molecule is Cc1ccc(SC(F)(F)F)cc1CC(=O)CBr. The summed E-state index contributed by atoms with van der Waals surface area (Å²) in [6.45, 7) is 1.78. The molecule has 0 aliphatic carbocycles. The van der Waals surface area contributed by atoms with Gasteiger partial charge in [0, 0.05) is 11.3 Å². The van der Waals surface area contributed by atoms with E-state index in [2.05, 4.69) is 15.9 Å². The molecule has 0 heterocycles.